The van der Waals surface area contributed by atoms with E-state index in [9.17, 15) is 0 Å². The normalized spacial score (nSPS) is 10.3. The molecular formula is C13H19N3O. The molecule has 4 heteroatoms. The zero-order valence-corrected chi connectivity index (χ0v) is 10.7. The molecule has 0 N–H and O–H groups in total. The van der Waals surface area contributed by atoms with Gasteiger partial charge in [0.1, 0.15) is 5.75 Å². The molecule has 0 aliphatic carbocycles. The topological polar surface area (TPSA) is 49.2 Å². The van der Waals surface area contributed by atoms with Crippen LogP contribution in [0.1, 0.15) is 24.7 Å². The van der Waals surface area contributed by atoms with Crippen molar-refractivity contribution in [2.45, 2.75) is 26.8 Å². The van der Waals surface area contributed by atoms with Gasteiger partial charge in [-0.2, -0.15) is 5.26 Å². The zero-order valence-electron chi connectivity index (χ0n) is 10.7. The smallest absolute Gasteiger partial charge is 0.122 e. The Kier molecular flexibility index (Phi) is 5.44. The summed E-state index contributed by atoms with van der Waals surface area (Å²) in [7, 11) is 1.66. The Morgan fingerprint density at radius 3 is 2.82 bits per heavy atom. The van der Waals surface area contributed by atoms with E-state index in [1.54, 1.807) is 7.11 Å². The Morgan fingerprint density at radius 1 is 1.47 bits per heavy atom. The van der Waals surface area contributed by atoms with E-state index in [1.807, 2.05) is 19.1 Å². The van der Waals surface area contributed by atoms with E-state index in [4.69, 9.17) is 10.00 Å². The van der Waals surface area contributed by atoms with Crippen molar-refractivity contribution in [3.63, 3.8) is 0 Å². The predicted octanol–water partition coefficient (Wildman–Crippen LogP) is 2.13. The summed E-state index contributed by atoms with van der Waals surface area (Å²) in [6, 6.07) is 6.02. The van der Waals surface area contributed by atoms with Crippen LogP contribution in [0.2, 0.25) is 0 Å². The van der Waals surface area contributed by atoms with Crippen molar-refractivity contribution in [3.8, 4) is 11.8 Å². The number of aryl methyl sites for hydroxylation is 1. The van der Waals surface area contributed by atoms with E-state index >= 15 is 0 Å². The number of aromatic nitrogens is 1. The highest BCUT2D eigenvalue weighted by Gasteiger charge is 2.06. The molecule has 92 valence electrons. The first-order chi connectivity index (χ1) is 8.19. The second-order valence-corrected chi connectivity index (χ2v) is 3.92. The number of pyridine rings is 1. The molecule has 0 fully saturated rings. The lowest BCUT2D eigenvalue weighted by Crippen LogP contribution is -2.24. The van der Waals surface area contributed by atoms with Crippen LogP contribution in [0.15, 0.2) is 12.1 Å². The maximum absolute atomic E-state index is 8.59. The van der Waals surface area contributed by atoms with Gasteiger partial charge in [-0.15, -0.1) is 0 Å². The SMILES string of the molecule is CCN(CCC#N)Cc1cc(OC)cc(C)n1. The second kappa shape index (κ2) is 6.87. The minimum absolute atomic E-state index is 0.552. The van der Waals surface area contributed by atoms with Crippen molar-refractivity contribution in [1.29, 1.82) is 5.26 Å². The van der Waals surface area contributed by atoms with E-state index in [0.29, 0.717) is 6.42 Å². The largest absolute Gasteiger partial charge is 0.497 e. The van der Waals surface area contributed by atoms with Crippen molar-refractivity contribution >= 4 is 0 Å². The maximum Gasteiger partial charge on any atom is 0.122 e. The Labute approximate surface area is 103 Å². The van der Waals surface area contributed by atoms with Crippen LogP contribution in [0.5, 0.6) is 5.75 Å². The first-order valence-corrected chi connectivity index (χ1v) is 5.80. The van der Waals surface area contributed by atoms with Gasteiger partial charge in [0.2, 0.25) is 0 Å². The molecule has 0 bridgehead atoms. The number of hydrogen-bond donors (Lipinski definition) is 0. The monoisotopic (exact) mass is 233 g/mol. The average molecular weight is 233 g/mol. The van der Waals surface area contributed by atoms with Gasteiger partial charge in [0.15, 0.2) is 0 Å². The van der Waals surface area contributed by atoms with Crippen LogP contribution in [0, 0.1) is 18.3 Å². The quantitative estimate of drug-likeness (QED) is 0.755. The molecule has 0 spiro atoms. The van der Waals surface area contributed by atoms with E-state index in [-0.39, 0.29) is 0 Å². The Hall–Kier alpha value is -1.60. The number of nitriles is 1. The van der Waals surface area contributed by atoms with Gasteiger partial charge in [-0.25, -0.2) is 0 Å². The van der Waals surface area contributed by atoms with Gasteiger partial charge in [0, 0.05) is 37.3 Å². The van der Waals surface area contributed by atoms with Crippen LogP contribution < -0.4 is 4.74 Å². The molecule has 0 aromatic carbocycles. The molecule has 17 heavy (non-hydrogen) atoms. The highest BCUT2D eigenvalue weighted by Crippen LogP contribution is 2.14. The summed E-state index contributed by atoms with van der Waals surface area (Å²) in [6.07, 6.45) is 0.552. The summed E-state index contributed by atoms with van der Waals surface area (Å²) < 4.78 is 5.22. The summed E-state index contributed by atoms with van der Waals surface area (Å²) in [5.41, 5.74) is 1.94. The predicted molar refractivity (Wildman–Crippen MR) is 66.7 cm³/mol. The van der Waals surface area contributed by atoms with E-state index in [0.717, 1.165) is 36.8 Å². The molecule has 0 radical (unpaired) electrons. The highest BCUT2D eigenvalue weighted by molar-refractivity contribution is 5.26. The van der Waals surface area contributed by atoms with Crippen LogP contribution >= 0.6 is 0 Å². The Balaban J connectivity index is 2.72. The van der Waals surface area contributed by atoms with Crippen LogP contribution in [-0.4, -0.2) is 30.1 Å². The summed E-state index contributed by atoms with van der Waals surface area (Å²) in [5.74, 6) is 0.837. The lowest BCUT2D eigenvalue weighted by molar-refractivity contribution is 0.282. The number of rotatable bonds is 6. The van der Waals surface area contributed by atoms with Crippen molar-refractivity contribution in [3.05, 3.63) is 23.5 Å². The molecule has 0 saturated heterocycles. The molecule has 1 heterocycles. The average Bonchev–Trinajstić information content (AvgIpc) is 2.33. The molecule has 4 nitrogen and oxygen atoms in total. The van der Waals surface area contributed by atoms with Gasteiger partial charge in [-0.05, 0) is 13.5 Å². The molecule has 0 unspecified atom stereocenters. The first kappa shape index (κ1) is 13.5. The van der Waals surface area contributed by atoms with Gasteiger partial charge < -0.3 is 4.74 Å². The molecule has 0 saturated carbocycles. The van der Waals surface area contributed by atoms with Crippen LogP contribution in [-0.2, 0) is 6.54 Å². The third-order valence-electron chi connectivity index (χ3n) is 2.59. The first-order valence-electron chi connectivity index (χ1n) is 5.80. The van der Waals surface area contributed by atoms with Gasteiger partial charge in [-0.1, -0.05) is 6.92 Å². The second-order valence-electron chi connectivity index (χ2n) is 3.92. The molecule has 0 aliphatic rings. The Morgan fingerprint density at radius 2 is 2.24 bits per heavy atom. The summed E-state index contributed by atoms with van der Waals surface area (Å²) >= 11 is 0. The third kappa shape index (κ3) is 4.41. The molecular weight excluding hydrogens is 214 g/mol. The lowest BCUT2D eigenvalue weighted by Gasteiger charge is -2.18. The fraction of sp³-hybridized carbons (Fsp3) is 0.538. The summed E-state index contributed by atoms with van der Waals surface area (Å²) in [6.45, 7) is 6.50. The van der Waals surface area contributed by atoms with Crippen LogP contribution in [0.25, 0.3) is 0 Å². The fourth-order valence-corrected chi connectivity index (χ4v) is 1.69. The molecule has 1 rings (SSSR count). The summed E-state index contributed by atoms with van der Waals surface area (Å²) in [4.78, 5) is 6.67. The number of methoxy groups -OCH3 is 1. The fourth-order valence-electron chi connectivity index (χ4n) is 1.69. The molecule has 1 aromatic rings. The van der Waals surface area contributed by atoms with E-state index < -0.39 is 0 Å². The number of hydrogen-bond acceptors (Lipinski definition) is 4. The van der Waals surface area contributed by atoms with Crippen molar-refractivity contribution < 1.29 is 4.74 Å². The van der Waals surface area contributed by atoms with E-state index in [2.05, 4.69) is 22.9 Å². The Bertz CT molecular complexity index is 398. The van der Waals surface area contributed by atoms with Crippen LogP contribution in [0.4, 0.5) is 0 Å². The maximum atomic E-state index is 8.59. The van der Waals surface area contributed by atoms with Gasteiger partial charge in [0.25, 0.3) is 0 Å². The lowest BCUT2D eigenvalue weighted by atomic mass is 10.2. The number of ether oxygens (including phenoxy) is 1. The van der Waals surface area contributed by atoms with Crippen LogP contribution in [0.3, 0.4) is 0 Å². The molecule has 0 aliphatic heterocycles. The highest BCUT2D eigenvalue weighted by atomic mass is 16.5. The minimum atomic E-state index is 0.552. The van der Waals surface area contributed by atoms with Gasteiger partial charge >= 0.3 is 0 Å². The molecule has 1 aromatic heterocycles. The van der Waals surface area contributed by atoms with Crippen molar-refractivity contribution in [2.75, 3.05) is 20.2 Å². The van der Waals surface area contributed by atoms with Crippen molar-refractivity contribution in [1.82, 2.24) is 9.88 Å². The van der Waals surface area contributed by atoms with Gasteiger partial charge in [-0.3, -0.25) is 9.88 Å². The third-order valence-corrected chi connectivity index (χ3v) is 2.59. The van der Waals surface area contributed by atoms with Crippen molar-refractivity contribution in [2.24, 2.45) is 0 Å². The standard InChI is InChI=1S/C13H19N3O/c1-4-16(7-5-6-14)10-12-9-13(17-3)8-11(2)15-12/h8-9H,4-5,7,10H2,1-3H3. The number of nitrogens with zero attached hydrogens (tertiary/aromatic N) is 3. The molecule has 0 amide bonds. The minimum Gasteiger partial charge on any atom is -0.497 e. The van der Waals surface area contributed by atoms with E-state index in [1.165, 1.54) is 0 Å². The summed E-state index contributed by atoms with van der Waals surface area (Å²) in [5, 5.41) is 8.59. The molecule has 0 atom stereocenters. The zero-order chi connectivity index (χ0) is 12.7. The van der Waals surface area contributed by atoms with Gasteiger partial charge in [0.05, 0.1) is 18.9 Å².